The monoisotopic (exact) mass is 382 g/mol. The molecule has 1 fully saturated rings. The lowest BCUT2D eigenvalue weighted by molar-refractivity contribution is 0.181. The number of hydrogen-bond donors (Lipinski definition) is 2. The Balaban J connectivity index is 1.57. The number of furan rings is 1. The van der Waals surface area contributed by atoms with Crippen molar-refractivity contribution in [3.63, 3.8) is 0 Å². The molecule has 1 aromatic heterocycles. The van der Waals surface area contributed by atoms with Crippen molar-refractivity contribution in [3.05, 3.63) is 66.1 Å². The summed E-state index contributed by atoms with van der Waals surface area (Å²) in [5.74, 6) is 1.66. The van der Waals surface area contributed by atoms with Gasteiger partial charge in [0.1, 0.15) is 12.4 Å². The Morgan fingerprint density at radius 3 is 2.71 bits per heavy atom. The summed E-state index contributed by atoms with van der Waals surface area (Å²) >= 11 is 0. The van der Waals surface area contributed by atoms with E-state index in [1.807, 2.05) is 43.3 Å². The molecular formula is C21H26N4O3. The zero-order valence-electron chi connectivity index (χ0n) is 16.1. The molecule has 3 rings (SSSR count). The van der Waals surface area contributed by atoms with E-state index in [2.05, 4.69) is 22.2 Å². The molecule has 1 aliphatic rings. The Labute approximate surface area is 165 Å². The Hall–Kier alpha value is -3.22. The number of guanidine groups is 1. The van der Waals surface area contributed by atoms with Crippen molar-refractivity contribution in [2.24, 2.45) is 4.99 Å². The highest BCUT2D eigenvalue weighted by molar-refractivity contribution is 5.89. The van der Waals surface area contributed by atoms with Gasteiger partial charge in [0.05, 0.1) is 19.4 Å². The van der Waals surface area contributed by atoms with Gasteiger partial charge in [0.2, 0.25) is 0 Å². The number of hydrogen-bond acceptors (Lipinski definition) is 4. The number of cyclic esters (lactones) is 1. The zero-order valence-corrected chi connectivity index (χ0v) is 16.1. The fourth-order valence-corrected chi connectivity index (χ4v) is 2.75. The first kappa shape index (κ1) is 19.5. The molecule has 0 aliphatic carbocycles. The van der Waals surface area contributed by atoms with E-state index in [1.54, 1.807) is 11.2 Å². The van der Waals surface area contributed by atoms with E-state index in [0.29, 0.717) is 32.8 Å². The van der Waals surface area contributed by atoms with Crippen LogP contribution in [0.4, 0.5) is 10.5 Å². The Morgan fingerprint density at radius 2 is 2.07 bits per heavy atom. The molecule has 1 aromatic carbocycles. The molecule has 1 aliphatic heterocycles. The maximum atomic E-state index is 11.6. The molecule has 1 amide bonds. The van der Waals surface area contributed by atoms with E-state index in [-0.39, 0.29) is 6.09 Å². The first-order valence-corrected chi connectivity index (χ1v) is 9.34. The van der Waals surface area contributed by atoms with E-state index in [9.17, 15) is 4.79 Å². The third-order valence-electron chi connectivity index (χ3n) is 4.23. The van der Waals surface area contributed by atoms with Gasteiger partial charge in [0.15, 0.2) is 5.96 Å². The quantitative estimate of drug-likeness (QED) is 0.417. The summed E-state index contributed by atoms with van der Waals surface area (Å²) in [5, 5.41) is 6.58. The van der Waals surface area contributed by atoms with E-state index in [4.69, 9.17) is 9.15 Å². The maximum absolute atomic E-state index is 11.6. The van der Waals surface area contributed by atoms with Crippen molar-refractivity contribution < 1.29 is 13.9 Å². The molecule has 1 saturated heterocycles. The minimum absolute atomic E-state index is 0.294. The van der Waals surface area contributed by atoms with Crippen LogP contribution in [0, 0.1) is 0 Å². The number of carbonyl (C=O) groups is 1. The molecule has 7 heteroatoms. The largest absolute Gasteiger partial charge is 0.469 e. The number of anilines is 1. The van der Waals surface area contributed by atoms with Gasteiger partial charge in [-0.3, -0.25) is 4.90 Å². The first-order chi connectivity index (χ1) is 13.6. The zero-order chi connectivity index (χ0) is 19.8. The number of rotatable bonds is 8. The fourth-order valence-electron chi connectivity index (χ4n) is 2.75. The van der Waals surface area contributed by atoms with Crippen LogP contribution in [-0.4, -0.2) is 38.3 Å². The molecule has 0 spiro atoms. The highest BCUT2D eigenvalue weighted by Gasteiger charge is 2.23. The number of ether oxygens (including phenoxy) is 1. The number of amides is 1. The second kappa shape index (κ2) is 9.64. The number of carbonyl (C=O) groups excluding carboxylic acids is 1. The van der Waals surface area contributed by atoms with Crippen LogP contribution in [0.3, 0.4) is 0 Å². The summed E-state index contributed by atoms with van der Waals surface area (Å²) in [6.45, 7) is 8.80. The molecule has 2 heterocycles. The van der Waals surface area contributed by atoms with Crippen LogP contribution in [0.5, 0.6) is 0 Å². The molecular weight excluding hydrogens is 356 g/mol. The number of nitrogens with one attached hydrogen (secondary N) is 2. The molecule has 28 heavy (non-hydrogen) atoms. The van der Waals surface area contributed by atoms with Gasteiger partial charge in [-0.1, -0.05) is 24.3 Å². The number of nitrogens with zero attached hydrogens (tertiary/aromatic N) is 2. The third kappa shape index (κ3) is 5.64. The smallest absolute Gasteiger partial charge is 0.414 e. The minimum Gasteiger partial charge on any atom is -0.469 e. The normalized spacial score (nSPS) is 14.1. The third-order valence-corrected chi connectivity index (χ3v) is 4.23. The summed E-state index contributed by atoms with van der Waals surface area (Å²) in [5.41, 5.74) is 2.92. The second-order valence-corrected chi connectivity index (χ2v) is 6.66. The second-order valence-electron chi connectivity index (χ2n) is 6.66. The Morgan fingerprint density at radius 1 is 1.25 bits per heavy atom. The summed E-state index contributed by atoms with van der Waals surface area (Å²) in [7, 11) is 0. The predicted octanol–water partition coefficient (Wildman–Crippen LogP) is 3.09. The molecule has 7 nitrogen and oxygen atoms in total. The molecule has 0 atom stereocenters. The van der Waals surface area contributed by atoms with Crippen LogP contribution in [0.15, 0.2) is 64.2 Å². The first-order valence-electron chi connectivity index (χ1n) is 9.34. The standard InChI is InChI=1S/C21H26N4O3/c1-16(2)14-23-20(22-10-9-19-4-3-12-27-19)24-15-17-5-7-18(8-6-17)25-11-13-28-21(25)26/h3-8,12H,1,9-11,13-15H2,2H3,(H2,22,23,24). The van der Waals surface area contributed by atoms with Crippen LogP contribution in [0.2, 0.25) is 0 Å². The van der Waals surface area contributed by atoms with Crippen LogP contribution in [-0.2, 0) is 17.7 Å². The molecule has 0 saturated carbocycles. The van der Waals surface area contributed by atoms with Gasteiger partial charge in [-0.25, -0.2) is 9.79 Å². The van der Waals surface area contributed by atoms with E-state index in [1.165, 1.54) is 0 Å². The molecule has 0 bridgehead atoms. The number of benzene rings is 1. The topological polar surface area (TPSA) is 79.1 Å². The van der Waals surface area contributed by atoms with Crippen LogP contribution in [0.25, 0.3) is 0 Å². The lowest BCUT2D eigenvalue weighted by atomic mass is 10.2. The Kier molecular flexibility index (Phi) is 6.73. The summed E-state index contributed by atoms with van der Waals surface area (Å²) < 4.78 is 10.3. The lowest BCUT2D eigenvalue weighted by Crippen LogP contribution is -2.39. The van der Waals surface area contributed by atoms with Gasteiger partial charge in [-0.15, -0.1) is 0 Å². The van der Waals surface area contributed by atoms with Crippen LogP contribution in [0.1, 0.15) is 18.2 Å². The predicted molar refractivity (Wildman–Crippen MR) is 110 cm³/mol. The molecule has 0 radical (unpaired) electrons. The SMILES string of the molecule is C=C(C)CNC(=NCc1ccc(N2CCOC2=O)cc1)NCCc1ccco1. The van der Waals surface area contributed by atoms with Crippen molar-refractivity contribution in [2.45, 2.75) is 19.9 Å². The summed E-state index contributed by atoms with van der Waals surface area (Å²) in [6, 6.07) is 11.6. The van der Waals surface area contributed by atoms with Gasteiger partial charge < -0.3 is 19.8 Å². The van der Waals surface area contributed by atoms with Crippen molar-refractivity contribution in [2.75, 3.05) is 31.1 Å². The van der Waals surface area contributed by atoms with E-state index < -0.39 is 0 Å². The maximum Gasteiger partial charge on any atom is 0.414 e. The van der Waals surface area contributed by atoms with Crippen molar-refractivity contribution in [1.29, 1.82) is 0 Å². The van der Waals surface area contributed by atoms with Gasteiger partial charge in [-0.05, 0) is 36.8 Å². The fraction of sp³-hybridized carbons (Fsp3) is 0.333. The van der Waals surface area contributed by atoms with Gasteiger partial charge in [-0.2, -0.15) is 0 Å². The van der Waals surface area contributed by atoms with Crippen LogP contribution >= 0.6 is 0 Å². The highest BCUT2D eigenvalue weighted by Crippen LogP contribution is 2.19. The average molecular weight is 382 g/mol. The van der Waals surface area contributed by atoms with E-state index >= 15 is 0 Å². The van der Waals surface area contributed by atoms with Gasteiger partial charge >= 0.3 is 6.09 Å². The minimum atomic E-state index is -0.294. The van der Waals surface area contributed by atoms with Crippen LogP contribution < -0.4 is 15.5 Å². The highest BCUT2D eigenvalue weighted by atomic mass is 16.6. The summed E-state index contributed by atoms with van der Waals surface area (Å²) in [6.07, 6.45) is 2.16. The van der Waals surface area contributed by atoms with Gasteiger partial charge in [0, 0.05) is 25.2 Å². The number of aliphatic imine (C=N–C) groups is 1. The van der Waals surface area contributed by atoms with Crippen molar-refractivity contribution in [3.8, 4) is 0 Å². The molecule has 2 aromatic rings. The van der Waals surface area contributed by atoms with E-state index in [0.717, 1.165) is 35.0 Å². The molecule has 0 unspecified atom stereocenters. The average Bonchev–Trinajstić information content (AvgIpc) is 3.35. The van der Waals surface area contributed by atoms with Crippen molar-refractivity contribution >= 4 is 17.7 Å². The summed E-state index contributed by atoms with van der Waals surface area (Å²) in [4.78, 5) is 17.9. The lowest BCUT2D eigenvalue weighted by Gasteiger charge is -2.14. The Bertz CT molecular complexity index is 813. The molecule has 2 N–H and O–H groups in total. The van der Waals surface area contributed by atoms with Crippen molar-refractivity contribution in [1.82, 2.24) is 10.6 Å². The molecule has 148 valence electrons. The van der Waals surface area contributed by atoms with Gasteiger partial charge in [0.25, 0.3) is 0 Å².